The molecule has 3 aliphatic heterocycles. The molecule has 0 bridgehead atoms. The summed E-state index contributed by atoms with van der Waals surface area (Å²) in [6.07, 6.45) is 3.12. The number of anilines is 1. The molecule has 1 aromatic carbocycles. The molecular formula is C28H40N6O3. The number of piperidine rings is 2. The maximum Gasteiger partial charge on any atom is 0.319 e. The van der Waals surface area contributed by atoms with E-state index in [1.807, 2.05) is 0 Å². The lowest BCUT2D eigenvalue weighted by Gasteiger charge is -2.43. The molecule has 1 aromatic heterocycles. The number of aliphatic hydroxyl groups excluding tert-OH is 1. The van der Waals surface area contributed by atoms with Gasteiger partial charge in [-0.25, -0.2) is 0 Å². The first-order valence-corrected chi connectivity index (χ1v) is 13.7. The summed E-state index contributed by atoms with van der Waals surface area (Å²) in [5.41, 5.74) is 3.04. The minimum Gasteiger partial charge on any atom is -0.463 e. The quantitative estimate of drug-likeness (QED) is 0.524. The molecule has 5 rings (SSSR count). The number of fused-ring (bicyclic) bond motifs is 1. The number of hydrogen-bond acceptors (Lipinski definition) is 8. The Hall–Kier alpha value is -2.75. The number of aliphatic hydroxyl groups is 1. The Balaban J connectivity index is 1.26. The Morgan fingerprint density at radius 3 is 2.70 bits per heavy atom. The van der Waals surface area contributed by atoms with Gasteiger partial charge in [0.15, 0.2) is 0 Å². The molecule has 2 saturated heterocycles. The van der Waals surface area contributed by atoms with Crippen LogP contribution in [0.4, 0.5) is 5.82 Å². The molecule has 2 fully saturated rings. The van der Waals surface area contributed by atoms with E-state index < -0.39 is 6.10 Å². The number of hydrogen-bond donors (Lipinski definition) is 3. The SMILES string of the molecule is CC(C)COc1nc(NC2CCNCC2)cc(C(=O)N2CC[C@@H](N3CCc4ccccc4C3)[C@H](O)C2)n1. The van der Waals surface area contributed by atoms with Gasteiger partial charge in [0.1, 0.15) is 11.5 Å². The van der Waals surface area contributed by atoms with Crippen LogP contribution in [0.3, 0.4) is 0 Å². The van der Waals surface area contributed by atoms with E-state index in [0.29, 0.717) is 43.2 Å². The van der Waals surface area contributed by atoms with E-state index in [9.17, 15) is 9.90 Å². The first kappa shape index (κ1) is 25.9. The molecule has 1 amide bonds. The number of rotatable bonds is 7. The van der Waals surface area contributed by atoms with Gasteiger partial charge in [-0.15, -0.1) is 0 Å². The Bertz CT molecular complexity index is 1070. The van der Waals surface area contributed by atoms with Crippen molar-refractivity contribution in [3.05, 3.63) is 47.2 Å². The second-order valence-corrected chi connectivity index (χ2v) is 11.0. The van der Waals surface area contributed by atoms with Gasteiger partial charge in [-0.05, 0) is 55.8 Å². The molecule has 200 valence electrons. The minimum absolute atomic E-state index is 0.0462. The molecule has 9 heteroatoms. The highest BCUT2D eigenvalue weighted by Gasteiger charge is 2.36. The van der Waals surface area contributed by atoms with Crippen molar-refractivity contribution in [1.29, 1.82) is 0 Å². The van der Waals surface area contributed by atoms with Crippen molar-refractivity contribution in [3.63, 3.8) is 0 Å². The van der Waals surface area contributed by atoms with E-state index in [1.54, 1.807) is 11.0 Å². The standard InChI is InChI=1S/C28H40N6O3/c1-19(2)18-37-28-31-23(15-26(32-28)30-22-7-11-29-12-8-22)27(36)34-14-10-24(25(35)17-34)33-13-9-20-5-3-4-6-21(20)16-33/h3-6,15,19,22,24-25,29,35H,7-14,16-18H2,1-2H3,(H,30,31,32)/t24-,25-/m1/s1. The normalized spacial score (nSPS) is 23.1. The fourth-order valence-corrected chi connectivity index (χ4v) is 5.58. The van der Waals surface area contributed by atoms with Gasteiger partial charge >= 0.3 is 6.01 Å². The summed E-state index contributed by atoms with van der Waals surface area (Å²) in [5.74, 6) is 0.748. The molecule has 37 heavy (non-hydrogen) atoms. The second kappa shape index (κ2) is 11.8. The van der Waals surface area contributed by atoms with Gasteiger partial charge < -0.3 is 25.4 Å². The first-order valence-electron chi connectivity index (χ1n) is 13.7. The molecule has 0 spiro atoms. The van der Waals surface area contributed by atoms with Gasteiger partial charge in [0.2, 0.25) is 0 Å². The van der Waals surface area contributed by atoms with Crippen LogP contribution in [0, 0.1) is 5.92 Å². The Morgan fingerprint density at radius 1 is 1.16 bits per heavy atom. The smallest absolute Gasteiger partial charge is 0.319 e. The fourth-order valence-electron chi connectivity index (χ4n) is 5.58. The molecule has 2 aromatic rings. The zero-order valence-electron chi connectivity index (χ0n) is 22.0. The molecule has 0 saturated carbocycles. The number of carbonyl (C=O) groups is 1. The highest BCUT2D eigenvalue weighted by atomic mass is 16.5. The van der Waals surface area contributed by atoms with Gasteiger partial charge in [-0.3, -0.25) is 9.69 Å². The van der Waals surface area contributed by atoms with Crippen molar-refractivity contribution in [3.8, 4) is 6.01 Å². The van der Waals surface area contributed by atoms with Gasteiger partial charge in [-0.2, -0.15) is 9.97 Å². The Morgan fingerprint density at radius 2 is 1.95 bits per heavy atom. The van der Waals surface area contributed by atoms with Crippen molar-refractivity contribution >= 4 is 11.7 Å². The summed E-state index contributed by atoms with van der Waals surface area (Å²) in [5, 5.41) is 17.9. The van der Waals surface area contributed by atoms with E-state index in [-0.39, 0.29) is 18.0 Å². The molecule has 4 heterocycles. The van der Waals surface area contributed by atoms with E-state index in [1.165, 1.54) is 11.1 Å². The fraction of sp³-hybridized carbons (Fsp3) is 0.607. The van der Waals surface area contributed by atoms with Gasteiger partial charge in [0.25, 0.3) is 5.91 Å². The third-order valence-corrected chi connectivity index (χ3v) is 7.62. The number of benzene rings is 1. The summed E-state index contributed by atoms with van der Waals surface area (Å²) < 4.78 is 5.82. The lowest BCUT2D eigenvalue weighted by atomic mass is 9.94. The maximum absolute atomic E-state index is 13.5. The van der Waals surface area contributed by atoms with Crippen LogP contribution < -0.4 is 15.4 Å². The first-order chi connectivity index (χ1) is 18.0. The average Bonchev–Trinajstić information content (AvgIpc) is 2.91. The van der Waals surface area contributed by atoms with Crippen LogP contribution in [0.15, 0.2) is 30.3 Å². The third kappa shape index (κ3) is 6.40. The number of nitrogens with one attached hydrogen (secondary N) is 2. The molecule has 3 aliphatic rings. The van der Waals surface area contributed by atoms with Crippen LogP contribution in [-0.2, 0) is 13.0 Å². The lowest BCUT2D eigenvalue weighted by Crippen LogP contribution is -2.56. The second-order valence-electron chi connectivity index (χ2n) is 11.0. The molecule has 2 atom stereocenters. The van der Waals surface area contributed by atoms with Crippen LogP contribution in [0.5, 0.6) is 6.01 Å². The topological polar surface area (TPSA) is 103 Å². The van der Waals surface area contributed by atoms with Crippen molar-refractivity contribution in [2.24, 2.45) is 5.92 Å². The van der Waals surface area contributed by atoms with Gasteiger partial charge in [0, 0.05) is 44.3 Å². The Labute approximate surface area is 219 Å². The summed E-state index contributed by atoms with van der Waals surface area (Å²) in [4.78, 5) is 26.6. The highest BCUT2D eigenvalue weighted by Crippen LogP contribution is 2.26. The molecule has 0 radical (unpaired) electrons. The van der Waals surface area contributed by atoms with Crippen LogP contribution in [0.1, 0.15) is 54.7 Å². The maximum atomic E-state index is 13.5. The number of β-amino-alcohol motifs (C(OH)–C–C–N with tert-alkyl or cyclic N) is 1. The average molecular weight is 509 g/mol. The predicted octanol–water partition coefficient (Wildman–Crippen LogP) is 2.31. The van der Waals surface area contributed by atoms with E-state index in [0.717, 1.165) is 51.9 Å². The largest absolute Gasteiger partial charge is 0.463 e. The monoisotopic (exact) mass is 508 g/mol. The van der Waals surface area contributed by atoms with Crippen LogP contribution in [-0.4, -0.2) is 88.3 Å². The van der Waals surface area contributed by atoms with Crippen molar-refractivity contribution in [2.45, 2.75) is 64.3 Å². The van der Waals surface area contributed by atoms with Crippen LogP contribution >= 0.6 is 0 Å². The van der Waals surface area contributed by atoms with E-state index in [2.05, 4.69) is 63.6 Å². The third-order valence-electron chi connectivity index (χ3n) is 7.62. The Kier molecular flexibility index (Phi) is 8.22. The van der Waals surface area contributed by atoms with Gasteiger partial charge in [-0.1, -0.05) is 38.1 Å². The number of aromatic nitrogens is 2. The zero-order chi connectivity index (χ0) is 25.8. The summed E-state index contributed by atoms with van der Waals surface area (Å²) in [6, 6.07) is 10.8. The molecular weight excluding hydrogens is 468 g/mol. The number of amides is 1. The predicted molar refractivity (Wildman–Crippen MR) is 143 cm³/mol. The minimum atomic E-state index is -0.603. The highest BCUT2D eigenvalue weighted by molar-refractivity contribution is 5.93. The number of nitrogens with zero attached hydrogens (tertiary/aromatic N) is 4. The number of likely N-dealkylation sites (tertiary alicyclic amines) is 1. The number of ether oxygens (including phenoxy) is 1. The summed E-state index contributed by atoms with van der Waals surface area (Å²) >= 11 is 0. The molecule has 3 N–H and O–H groups in total. The van der Waals surface area contributed by atoms with Crippen LogP contribution in [0.25, 0.3) is 0 Å². The zero-order valence-corrected chi connectivity index (χ0v) is 22.0. The molecule has 0 aliphatic carbocycles. The van der Waals surface area contributed by atoms with E-state index in [4.69, 9.17) is 4.74 Å². The van der Waals surface area contributed by atoms with Crippen molar-refractivity contribution < 1.29 is 14.6 Å². The van der Waals surface area contributed by atoms with Crippen molar-refractivity contribution in [2.75, 3.05) is 44.6 Å². The van der Waals surface area contributed by atoms with E-state index >= 15 is 0 Å². The molecule has 9 nitrogen and oxygen atoms in total. The lowest BCUT2D eigenvalue weighted by molar-refractivity contribution is -0.0139. The van der Waals surface area contributed by atoms with Crippen molar-refractivity contribution in [1.82, 2.24) is 25.1 Å². The van der Waals surface area contributed by atoms with Gasteiger partial charge in [0.05, 0.1) is 12.7 Å². The summed E-state index contributed by atoms with van der Waals surface area (Å²) in [7, 11) is 0. The molecule has 0 unspecified atom stereocenters. The van der Waals surface area contributed by atoms with Crippen LogP contribution in [0.2, 0.25) is 0 Å². The summed E-state index contributed by atoms with van der Waals surface area (Å²) in [6.45, 7) is 9.19. The number of carbonyl (C=O) groups excluding carboxylic acids is 1.